The van der Waals surface area contributed by atoms with E-state index < -0.39 is 4.92 Å². The fourth-order valence-electron chi connectivity index (χ4n) is 0.602. The van der Waals surface area contributed by atoms with Crippen LogP contribution < -0.4 is 0 Å². The molecular formula is C5H5ClN2O2. The molecule has 4 nitrogen and oxygen atoms in total. The number of nitro groups is 1. The van der Waals surface area contributed by atoms with E-state index in [4.69, 9.17) is 11.8 Å². The average Bonchev–Trinajstić information content (AvgIpc) is 1.88. The van der Waals surface area contributed by atoms with Crippen molar-refractivity contribution in [1.29, 1.82) is 0 Å². The summed E-state index contributed by atoms with van der Waals surface area (Å²) in [4.78, 5) is 9.64. The molecule has 0 aliphatic carbocycles. The van der Waals surface area contributed by atoms with Crippen molar-refractivity contribution in [3.63, 3.8) is 0 Å². The van der Waals surface area contributed by atoms with Gasteiger partial charge in [0, 0.05) is 30.1 Å². The van der Waals surface area contributed by atoms with Crippen molar-refractivity contribution in [1.82, 2.24) is 4.42 Å². The minimum atomic E-state index is -0.444. The van der Waals surface area contributed by atoms with Crippen LogP contribution >= 0.6 is 11.8 Å². The molecule has 0 aromatic carbocycles. The summed E-state index contributed by atoms with van der Waals surface area (Å²) in [6, 6.07) is 0. The van der Waals surface area contributed by atoms with Crippen LogP contribution in [0.4, 0.5) is 0 Å². The monoisotopic (exact) mass is 160 g/mol. The molecule has 0 spiro atoms. The Morgan fingerprint density at radius 3 is 2.90 bits per heavy atom. The number of nitrogens with zero attached hydrogens (tertiary/aromatic N) is 2. The Hall–Kier alpha value is -1.03. The summed E-state index contributed by atoms with van der Waals surface area (Å²) in [6.45, 7) is 0.383. The molecule has 0 amide bonds. The second-order valence-corrected chi connectivity index (χ2v) is 2.22. The molecule has 1 rings (SSSR count). The summed E-state index contributed by atoms with van der Waals surface area (Å²) < 4.78 is 1.34. The summed E-state index contributed by atoms with van der Waals surface area (Å²) >= 11 is 5.47. The smallest absolute Gasteiger partial charge is 0.268 e. The van der Waals surface area contributed by atoms with E-state index in [0.29, 0.717) is 6.54 Å². The van der Waals surface area contributed by atoms with Crippen molar-refractivity contribution >= 4 is 11.8 Å². The Morgan fingerprint density at radius 1 is 1.80 bits per heavy atom. The quantitative estimate of drug-likeness (QED) is 0.328. The second-order valence-electron chi connectivity index (χ2n) is 1.78. The summed E-state index contributed by atoms with van der Waals surface area (Å²) in [6.07, 6.45) is 4.27. The highest BCUT2D eigenvalue weighted by molar-refractivity contribution is 6.14. The van der Waals surface area contributed by atoms with E-state index >= 15 is 0 Å². The van der Waals surface area contributed by atoms with Gasteiger partial charge in [0.2, 0.25) is 0 Å². The predicted molar refractivity (Wildman–Crippen MR) is 36.8 cm³/mol. The topological polar surface area (TPSA) is 46.4 Å². The largest absolute Gasteiger partial charge is 0.288 e. The molecule has 0 atom stereocenters. The van der Waals surface area contributed by atoms with Crippen LogP contribution in [0.5, 0.6) is 0 Å². The van der Waals surface area contributed by atoms with Gasteiger partial charge >= 0.3 is 0 Å². The van der Waals surface area contributed by atoms with Gasteiger partial charge in [-0.2, -0.15) is 0 Å². The van der Waals surface area contributed by atoms with Gasteiger partial charge in [0.25, 0.3) is 5.70 Å². The van der Waals surface area contributed by atoms with Crippen molar-refractivity contribution in [2.45, 2.75) is 0 Å². The van der Waals surface area contributed by atoms with Crippen molar-refractivity contribution < 1.29 is 4.92 Å². The molecule has 0 N–H and O–H groups in total. The standard InChI is InChI=1S/C5H5ClN2O2/c6-7-3-1-5(2-4-7)8(9)10/h1-3H,4H2. The van der Waals surface area contributed by atoms with Crippen molar-refractivity contribution in [2.24, 2.45) is 0 Å². The van der Waals surface area contributed by atoms with Gasteiger partial charge in [0.1, 0.15) is 0 Å². The van der Waals surface area contributed by atoms with Gasteiger partial charge in [-0.25, -0.2) is 0 Å². The van der Waals surface area contributed by atoms with E-state index in [1.165, 1.54) is 22.8 Å². The van der Waals surface area contributed by atoms with Gasteiger partial charge in [0.15, 0.2) is 0 Å². The second kappa shape index (κ2) is 2.70. The molecule has 1 aliphatic rings. The van der Waals surface area contributed by atoms with Crippen LogP contribution in [-0.2, 0) is 0 Å². The van der Waals surface area contributed by atoms with Crippen LogP contribution in [0.3, 0.4) is 0 Å². The fraction of sp³-hybridized carbons (Fsp3) is 0.200. The van der Waals surface area contributed by atoms with E-state index in [-0.39, 0.29) is 5.70 Å². The molecule has 0 bridgehead atoms. The van der Waals surface area contributed by atoms with E-state index in [1.54, 1.807) is 0 Å². The van der Waals surface area contributed by atoms with Crippen LogP contribution in [-0.4, -0.2) is 15.9 Å². The fourth-order valence-corrected chi connectivity index (χ4v) is 0.728. The van der Waals surface area contributed by atoms with Crippen LogP contribution in [0.1, 0.15) is 0 Å². The highest BCUT2D eigenvalue weighted by Crippen LogP contribution is 2.08. The van der Waals surface area contributed by atoms with Crippen LogP contribution in [0.2, 0.25) is 0 Å². The molecule has 1 aliphatic heterocycles. The molecule has 0 saturated carbocycles. The van der Waals surface area contributed by atoms with Crippen molar-refractivity contribution in [3.8, 4) is 0 Å². The Balaban J connectivity index is 2.67. The van der Waals surface area contributed by atoms with Gasteiger partial charge in [-0.3, -0.25) is 14.5 Å². The van der Waals surface area contributed by atoms with Crippen LogP contribution in [0.15, 0.2) is 24.0 Å². The summed E-state index contributed by atoms with van der Waals surface area (Å²) in [5.74, 6) is 0. The Labute approximate surface area is 62.6 Å². The zero-order valence-corrected chi connectivity index (χ0v) is 5.78. The van der Waals surface area contributed by atoms with E-state index in [0.717, 1.165) is 0 Å². The van der Waals surface area contributed by atoms with Gasteiger partial charge in [-0.05, 0) is 0 Å². The molecule has 0 saturated heterocycles. The first-order valence-electron chi connectivity index (χ1n) is 2.65. The van der Waals surface area contributed by atoms with E-state index in [2.05, 4.69) is 0 Å². The SMILES string of the molecule is O=[N+]([O-])C1=CCN(Cl)C=C1. The van der Waals surface area contributed by atoms with Crippen molar-refractivity contribution in [3.05, 3.63) is 34.2 Å². The third-order valence-corrected chi connectivity index (χ3v) is 1.34. The molecule has 54 valence electrons. The molecule has 0 radical (unpaired) electrons. The lowest BCUT2D eigenvalue weighted by Crippen LogP contribution is -2.10. The van der Waals surface area contributed by atoms with E-state index in [9.17, 15) is 10.1 Å². The molecule has 0 unspecified atom stereocenters. The highest BCUT2D eigenvalue weighted by atomic mass is 35.5. The molecule has 10 heavy (non-hydrogen) atoms. The molecular weight excluding hydrogens is 156 g/mol. The zero-order valence-electron chi connectivity index (χ0n) is 5.03. The first-order valence-corrected chi connectivity index (χ1v) is 2.99. The molecule has 0 fully saturated rings. The van der Waals surface area contributed by atoms with Crippen LogP contribution in [0, 0.1) is 10.1 Å². The Morgan fingerprint density at radius 2 is 2.50 bits per heavy atom. The van der Waals surface area contributed by atoms with E-state index in [1.807, 2.05) is 0 Å². The van der Waals surface area contributed by atoms with Gasteiger partial charge < -0.3 is 0 Å². The van der Waals surface area contributed by atoms with Crippen molar-refractivity contribution in [2.75, 3.05) is 6.54 Å². The molecule has 0 aromatic heterocycles. The zero-order chi connectivity index (χ0) is 7.56. The number of allylic oxidation sites excluding steroid dienone is 1. The number of hydrogen-bond acceptors (Lipinski definition) is 3. The molecule has 5 heteroatoms. The minimum Gasteiger partial charge on any atom is -0.288 e. The number of hydrogen-bond donors (Lipinski definition) is 0. The lowest BCUT2D eigenvalue weighted by molar-refractivity contribution is -0.419. The predicted octanol–water partition coefficient (Wildman–Crippen LogP) is 1.13. The number of halogens is 1. The van der Waals surface area contributed by atoms with Crippen LogP contribution in [0.25, 0.3) is 0 Å². The lowest BCUT2D eigenvalue weighted by Gasteiger charge is -2.09. The Bertz CT molecular complexity index is 212. The normalized spacial score (nSPS) is 16.9. The maximum atomic E-state index is 10.1. The first-order chi connectivity index (χ1) is 4.70. The third-order valence-electron chi connectivity index (χ3n) is 1.09. The summed E-state index contributed by atoms with van der Waals surface area (Å²) in [5.41, 5.74) is 0.0944. The third kappa shape index (κ3) is 1.48. The molecule has 0 aromatic rings. The number of rotatable bonds is 1. The molecule has 1 heterocycles. The highest BCUT2D eigenvalue weighted by Gasteiger charge is 2.10. The summed E-state index contributed by atoms with van der Waals surface area (Å²) in [7, 11) is 0. The maximum absolute atomic E-state index is 10.1. The Kier molecular flexibility index (Phi) is 1.91. The van der Waals surface area contributed by atoms with Gasteiger partial charge in [0.05, 0.1) is 11.5 Å². The van der Waals surface area contributed by atoms with Gasteiger partial charge in [-0.15, -0.1) is 0 Å². The summed E-state index contributed by atoms with van der Waals surface area (Å²) in [5, 5.41) is 10.1. The minimum absolute atomic E-state index is 0.0944. The average molecular weight is 161 g/mol. The van der Waals surface area contributed by atoms with Gasteiger partial charge in [-0.1, -0.05) is 0 Å². The first kappa shape index (κ1) is 7.08. The lowest BCUT2D eigenvalue weighted by atomic mass is 10.3. The maximum Gasteiger partial charge on any atom is 0.268 e.